The third-order valence-electron chi connectivity index (χ3n) is 4.94. The number of nitrogens with zero attached hydrogens (tertiary/aromatic N) is 6. The Morgan fingerprint density at radius 2 is 2.00 bits per heavy atom. The van der Waals surface area contributed by atoms with E-state index in [-0.39, 0.29) is 45.7 Å². The molecule has 0 aromatic carbocycles. The van der Waals surface area contributed by atoms with Crippen molar-refractivity contribution in [2.75, 3.05) is 10.6 Å². The lowest BCUT2D eigenvalue weighted by molar-refractivity contribution is -0.138. The quantitative estimate of drug-likeness (QED) is 0.377. The van der Waals surface area contributed by atoms with Gasteiger partial charge < -0.3 is 24.9 Å². The molecule has 4 rings (SSSR count). The number of primary amides is 1. The molecule has 0 radical (unpaired) electrons. The van der Waals surface area contributed by atoms with Crippen LogP contribution in [-0.4, -0.2) is 30.1 Å². The number of carbonyl (C=O) groups excluding carboxylic acids is 1. The molecule has 0 fully saturated rings. The topological polar surface area (TPSA) is 166 Å². The number of fused-ring (bicyclic) bond motifs is 1. The van der Waals surface area contributed by atoms with Crippen molar-refractivity contribution >= 4 is 34.6 Å². The van der Waals surface area contributed by atoms with Crippen molar-refractivity contribution in [3.63, 3.8) is 0 Å². The average Bonchev–Trinajstić information content (AvgIpc) is 3.11. The van der Waals surface area contributed by atoms with Crippen LogP contribution >= 0.6 is 0 Å². The number of aryl methyl sites for hydroxylation is 2. The van der Waals surface area contributed by atoms with E-state index in [1.54, 1.807) is 0 Å². The molecule has 36 heavy (non-hydrogen) atoms. The number of rotatable bonds is 5. The molecule has 0 atom stereocenters. The minimum atomic E-state index is -4.67. The van der Waals surface area contributed by atoms with Crippen LogP contribution in [0, 0.1) is 11.3 Å². The summed E-state index contributed by atoms with van der Waals surface area (Å²) in [7, 11) is 2.68. The Labute approximate surface area is 199 Å². The highest BCUT2D eigenvalue weighted by molar-refractivity contribution is 5.87. The van der Waals surface area contributed by atoms with E-state index in [0.717, 1.165) is 4.57 Å². The molecule has 2 amide bonds. The molecule has 4 N–H and O–H groups in total. The molecule has 12 nitrogen and oxygen atoms in total. The van der Waals surface area contributed by atoms with Gasteiger partial charge in [0.1, 0.15) is 34.4 Å². The van der Waals surface area contributed by atoms with Gasteiger partial charge in [-0.15, -0.1) is 0 Å². The number of pyridine rings is 3. The lowest BCUT2D eigenvalue weighted by atomic mass is 10.2. The van der Waals surface area contributed by atoms with Gasteiger partial charge in [-0.3, -0.25) is 10.1 Å². The third kappa shape index (κ3) is 4.59. The van der Waals surface area contributed by atoms with Crippen LogP contribution in [0.2, 0.25) is 0 Å². The summed E-state index contributed by atoms with van der Waals surface area (Å²) >= 11 is 0. The lowest BCUT2D eigenvalue weighted by Crippen LogP contribution is -2.23. The maximum absolute atomic E-state index is 13.2. The number of ether oxygens (including phenoxy) is 1. The maximum Gasteiger partial charge on any atom is 0.417 e. The van der Waals surface area contributed by atoms with Gasteiger partial charge in [0, 0.05) is 32.6 Å². The summed E-state index contributed by atoms with van der Waals surface area (Å²) in [5.74, 6) is 0.326. The number of nitrogens with two attached hydrogens (primary N) is 1. The summed E-state index contributed by atoms with van der Waals surface area (Å²) in [5.41, 5.74) is 3.26. The average molecular weight is 499 g/mol. The third-order valence-corrected chi connectivity index (χ3v) is 4.94. The van der Waals surface area contributed by atoms with Gasteiger partial charge in [-0.05, 0) is 12.1 Å². The summed E-state index contributed by atoms with van der Waals surface area (Å²) in [6.07, 6.45) is -1.40. The summed E-state index contributed by atoms with van der Waals surface area (Å²) in [5, 5.41) is 14.7. The van der Waals surface area contributed by atoms with Gasteiger partial charge in [0.05, 0.1) is 11.8 Å². The zero-order valence-corrected chi connectivity index (χ0v) is 18.6. The van der Waals surface area contributed by atoms with Crippen LogP contribution in [0.3, 0.4) is 0 Å². The summed E-state index contributed by atoms with van der Waals surface area (Å²) < 4.78 is 47.6. The van der Waals surface area contributed by atoms with E-state index in [2.05, 4.69) is 25.6 Å². The Hall–Kier alpha value is -5.13. The van der Waals surface area contributed by atoms with Crippen molar-refractivity contribution in [3.8, 4) is 17.6 Å². The number of hydrogen-bond donors (Lipinski definition) is 3. The van der Waals surface area contributed by atoms with Crippen molar-refractivity contribution in [2.24, 2.45) is 19.8 Å². The normalized spacial score (nSPS) is 11.2. The molecule has 184 valence electrons. The predicted molar refractivity (Wildman–Crippen MR) is 121 cm³/mol. The van der Waals surface area contributed by atoms with E-state index < -0.39 is 23.3 Å². The number of carbonyl (C=O) groups is 1. The van der Waals surface area contributed by atoms with Crippen LogP contribution in [0.4, 0.5) is 35.4 Å². The molecular weight excluding hydrogens is 483 g/mol. The molecule has 4 heterocycles. The number of nitrogens with one attached hydrogen (secondary N) is 2. The van der Waals surface area contributed by atoms with E-state index in [1.165, 1.54) is 43.2 Å². The SMILES string of the molecule is Cn1cc(C(F)(F)F)cc(Nc2nc3ncc(Oc4ccnc(NC(N)=O)c4)c(C#N)c3n2C)c1=O. The van der Waals surface area contributed by atoms with Crippen molar-refractivity contribution in [1.82, 2.24) is 24.1 Å². The molecule has 15 heteroatoms. The number of aromatic nitrogens is 5. The number of alkyl halides is 3. The number of hydrogen-bond acceptors (Lipinski definition) is 8. The molecule has 4 aromatic rings. The molecule has 0 saturated heterocycles. The van der Waals surface area contributed by atoms with Crippen LogP contribution in [-0.2, 0) is 20.3 Å². The molecule has 0 spiro atoms. The van der Waals surface area contributed by atoms with Crippen LogP contribution in [0.1, 0.15) is 11.1 Å². The predicted octanol–water partition coefficient (Wildman–Crippen LogP) is 2.98. The molecule has 4 aromatic heterocycles. The summed E-state index contributed by atoms with van der Waals surface area (Å²) in [6, 6.07) is 4.69. The first-order valence-electron chi connectivity index (χ1n) is 9.98. The van der Waals surface area contributed by atoms with Crippen LogP contribution < -0.4 is 26.7 Å². The summed E-state index contributed by atoms with van der Waals surface area (Å²) in [4.78, 5) is 35.8. The van der Waals surface area contributed by atoms with Crippen LogP contribution in [0.15, 0.2) is 41.6 Å². The van der Waals surface area contributed by atoms with Crippen LogP contribution in [0.5, 0.6) is 11.5 Å². The standard InChI is InChI=1S/C21H16F3N9O3/c1-32-9-10(21(22,23)24)5-13(18(32)34)29-20-31-17-16(33(20)2)12(7-25)14(8-28-17)36-11-3-4-27-15(6-11)30-19(26)35/h3-6,8-9H,1-2H3,(H,28,29,31)(H3,26,27,30,35). The highest BCUT2D eigenvalue weighted by Gasteiger charge is 2.32. The first-order chi connectivity index (χ1) is 17.0. The van der Waals surface area contributed by atoms with Gasteiger partial charge in [0.2, 0.25) is 5.95 Å². The second-order valence-electron chi connectivity index (χ2n) is 7.43. The monoisotopic (exact) mass is 499 g/mol. The Bertz CT molecular complexity index is 1600. The first kappa shape index (κ1) is 24.0. The number of amides is 2. The lowest BCUT2D eigenvalue weighted by Gasteiger charge is -2.12. The van der Waals surface area contributed by atoms with Crippen molar-refractivity contribution < 1.29 is 22.7 Å². The number of nitriles is 1. The molecule has 0 aliphatic heterocycles. The Kier molecular flexibility index (Phi) is 5.94. The van der Waals surface area contributed by atoms with Crippen molar-refractivity contribution in [2.45, 2.75) is 6.18 Å². The van der Waals surface area contributed by atoms with Crippen molar-refractivity contribution in [3.05, 3.63) is 58.3 Å². The number of anilines is 3. The van der Waals surface area contributed by atoms with Gasteiger partial charge in [-0.1, -0.05) is 0 Å². The zero-order valence-electron chi connectivity index (χ0n) is 18.6. The molecule has 0 bridgehead atoms. The smallest absolute Gasteiger partial charge is 0.417 e. The molecule has 0 aliphatic carbocycles. The fourth-order valence-electron chi connectivity index (χ4n) is 3.32. The van der Waals surface area contributed by atoms with Crippen LogP contribution in [0.25, 0.3) is 11.2 Å². The van der Waals surface area contributed by atoms with Gasteiger partial charge in [-0.25, -0.2) is 14.8 Å². The van der Waals surface area contributed by atoms with E-state index in [0.29, 0.717) is 12.3 Å². The maximum atomic E-state index is 13.2. The molecule has 0 unspecified atom stereocenters. The first-order valence-corrected chi connectivity index (χ1v) is 9.98. The Morgan fingerprint density at radius 1 is 1.25 bits per heavy atom. The zero-order chi connectivity index (χ0) is 26.2. The molecule has 0 saturated carbocycles. The van der Waals surface area contributed by atoms with Gasteiger partial charge in [-0.2, -0.15) is 23.4 Å². The summed E-state index contributed by atoms with van der Waals surface area (Å²) in [6.45, 7) is 0. The van der Waals surface area contributed by atoms with E-state index >= 15 is 0 Å². The Morgan fingerprint density at radius 3 is 2.67 bits per heavy atom. The number of imidazole rings is 1. The number of urea groups is 1. The fourth-order valence-corrected chi connectivity index (χ4v) is 3.32. The van der Waals surface area contributed by atoms with Gasteiger partial charge in [0.25, 0.3) is 5.56 Å². The minimum absolute atomic E-state index is 0.0150. The second-order valence-corrected chi connectivity index (χ2v) is 7.43. The fraction of sp³-hybridized carbons (Fsp3) is 0.143. The largest absolute Gasteiger partial charge is 0.454 e. The van der Waals surface area contributed by atoms with Crippen molar-refractivity contribution in [1.29, 1.82) is 5.26 Å². The highest BCUT2D eigenvalue weighted by Crippen LogP contribution is 2.33. The minimum Gasteiger partial charge on any atom is -0.454 e. The van der Waals surface area contributed by atoms with Gasteiger partial charge >= 0.3 is 12.2 Å². The van der Waals surface area contributed by atoms with E-state index in [4.69, 9.17) is 10.5 Å². The molecule has 0 aliphatic rings. The van der Waals surface area contributed by atoms with E-state index in [9.17, 15) is 28.0 Å². The highest BCUT2D eigenvalue weighted by atomic mass is 19.4. The van der Waals surface area contributed by atoms with E-state index in [1.807, 2.05) is 6.07 Å². The van der Waals surface area contributed by atoms with Gasteiger partial charge in [0.15, 0.2) is 11.4 Å². The second kappa shape index (κ2) is 8.91. The molecular formula is C21H16F3N9O3. The Balaban J connectivity index is 1.74. The number of halogens is 3.